The van der Waals surface area contributed by atoms with Crippen molar-refractivity contribution in [1.29, 1.82) is 0 Å². The van der Waals surface area contributed by atoms with Crippen LogP contribution in [-0.4, -0.2) is 32.7 Å². The van der Waals surface area contributed by atoms with Crippen molar-refractivity contribution < 1.29 is 14.3 Å². The number of nitrogens with zero attached hydrogens (tertiary/aromatic N) is 1. The van der Waals surface area contributed by atoms with E-state index in [2.05, 4.69) is 10.5 Å². The summed E-state index contributed by atoms with van der Waals surface area (Å²) in [6.07, 6.45) is 4.14. The first kappa shape index (κ1) is 12.3. The Morgan fingerprint density at radius 2 is 2.32 bits per heavy atom. The number of benzene rings is 1. The molecule has 1 saturated heterocycles. The monoisotopic (exact) mass is 262 g/mol. The predicted molar refractivity (Wildman–Crippen MR) is 71.7 cm³/mol. The molecule has 0 saturated carbocycles. The molecule has 2 aliphatic heterocycles. The Hall–Kier alpha value is -1.75. The van der Waals surface area contributed by atoms with Gasteiger partial charge in [-0.3, -0.25) is 0 Å². The van der Waals surface area contributed by atoms with E-state index >= 15 is 0 Å². The molecule has 0 aromatic heterocycles. The Bertz CT molecular complexity index is 456. The Labute approximate surface area is 112 Å². The molecule has 1 N–H and O–H groups in total. The fourth-order valence-corrected chi connectivity index (χ4v) is 2.31. The highest BCUT2D eigenvalue weighted by Crippen LogP contribution is 2.31. The van der Waals surface area contributed by atoms with Gasteiger partial charge in [0.2, 0.25) is 6.79 Å². The average molecular weight is 262 g/mol. The second-order valence-corrected chi connectivity index (χ2v) is 4.86. The van der Waals surface area contributed by atoms with Crippen LogP contribution in [0.1, 0.15) is 18.4 Å². The third-order valence-electron chi connectivity index (χ3n) is 3.38. The van der Waals surface area contributed by atoms with Gasteiger partial charge in [-0.1, -0.05) is 5.16 Å². The minimum Gasteiger partial charge on any atom is -0.454 e. The molecular formula is C14H18N2O3. The lowest BCUT2D eigenvalue weighted by molar-refractivity contribution is 0.0978. The van der Waals surface area contributed by atoms with Crippen molar-refractivity contribution in [3.63, 3.8) is 0 Å². The van der Waals surface area contributed by atoms with E-state index in [1.54, 1.807) is 6.21 Å². The molecule has 3 rings (SSSR count). The van der Waals surface area contributed by atoms with Gasteiger partial charge in [0.05, 0.1) is 6.21 Å². The first-order valence-corrected chi connectivity index (χ1v) is 6.67. The fraction of sp³-hybridized carbons (Fsp3) is 0.500. The molecule has 2 aliphatic rings. The van der Waals surface area contributed by atoms with Crippen molar-refractivity contribution in [2.75, 3.05) is 26.5 Å². The van der Waals surface area contributed by atoms with Crippen LogP contribution in [0.2, 0.25) is 0 Å². The zero-order chi connectivity index (χ0) is 12.9. The predicted octanol–water partition coefficient (Wildman–Crippen LogP) is 1.77. The summed E-state index contributed by atoms with van der Waals surface area (Å²) < 4.78 is 10.6. The maximum atomic E-state index is 5.35. The highest BCUT2D eigenvalue weighted by molar-refractivity contribution is 5.80. The Balaban J connectivity index is 1.49. The molecule has 19 heavy (non-hydrogen) atoms. The molecule has 0 radical (unpaired) electrons. The van der Waals surface area contributed by atoms with E-state index < -0.39 is 0 Å². The topological polar surface area (TPSA) is 52.1 Å². The molecule has 5 heteroatoms. The SMILES string of the molecule is C(=N/OCC1CCCNC1)/c1ccc2c(c1)OCO2. The molecule has 2 heterocycles. The number of ether oxygens (including phenoxy) is 2. The standard InChI is InChI=1S/C14H18N2O3/c1-2-12(7-15-5-1)9-19-16-8-11-3-4-13-14(6-11)18-10-17-13/h3-4,6,8,12,15H,1-2,5,7,9-10H2/b16-8-. The number of hydrogen-bond donors (Lipinski definition) is 1. The van der Waals surface area contributed by atoms with Crippen LogP contribution < -0.4 is 14.8 Å². The Morgan fingerprint density at radius 3 is 3.21 bits per heavy atom. The molecule has 0 bridgehead atoms. The number of piperidine rings is 1. The highest BCUT2D eigenvalue weighted by Gasteiger charge is 2.13. The van der Waals surface area contributed by atoms with Crippen molar-refractivity contribution in [2.24, 2.45) is 11.1 Å². The summed E-state index contributed by atoms with van der Waals surface area (Å²) in [4.78, 5) is 5.35. The third-order valence-corrected chi connectivity index (χ3v) is 3.38. The van der Waals surface area contributed by atoms with E-state index in [0.717, 1.165) is 30.2 Å². The largest absolute Gasteiger partial charge is 0.454 e. The van der Waals surface area contributed by atoms with Crippen LogP contribution in [0, 0.1) is 5.92 Å². The zero-order valence-corrected chi connectivity index (χ0v) is 10.8. The van der Waals surface area contributed by atoms with Gasteiger partial charge in [-0.25, -0.2) is 0 Å². The molecule has 1 fully saturated rings. The quantitative estimate of drug-likeness (QED) is 0.663. The Morgan fingerprint density at radius 1 is 1.37 bits per heavy atom. The zero-order valence-electron chi connectivity index (χ0n) is 10.8. The molecule has 5 nitrogen and oxygen atoms in total. The average Bonchev–Trinajstić information content (AvgIpc) is 2.92. The molecule has 0 aliphatic carbocycles. The van der Waals surface area contributed by atoms with Crippen molar-refractivity contribution >= 4 is 6.21 Å². The third kappa shape index (κ3) is 3.17. The van der Waals surface area contributed by atoms with Crippen LogP contribution in [0.3, 0.4) is 0 Å². The molecule has 1 unspecified atom stereocenters. The van der Waals surface area contributed by atoms with Crippen LogP contribution in [-0.2, 0) is 4.84 Å². The number of fused-ring (bicyclic) bond motifs is 1. The summed E-state index contributed by atoms with van der Waals surface area (Å²) >= 11 is 0. The summed E-state index contributed by atoms with van der Waals surface area (Å²) in [6.45, 7) is 3.12. The maximum Gasteiger partial charge on any atom is 0.231 e. The van der Waals surface area contributed by atoms with Crippen LogP contribution in [0.4, 0.5) is 0 Å². The molecular weight excluding hydrogens is 244 g/mol. The van der Waals surface area contributed by atoms with Crippen molar-refractivity contribution in [2.45, 2.75) is 12.8 Å². The normalized spacial score (nSPS) is 21.8. The van der Waals surface area contributed by atoms with Gasteiger partial charge in [-0.05, 0) is 37.6 Å². The fourth-order valence-electron chi connectivity index (χ4n) is 2.31. The van der Waals surface area contributed by atoms with Gasteiger partial charge >= 0.3 is 0 Å². The summed E-state index contributed by atoms with van der Waals surface area (Å²) in [5, 5.41) is 7.37. The van der Waals surface area contributed by atoms with E-state index in [-0.39, 0.29) is 0 Å². The molecule has 0 spiro atoms. The molecule has 0 amide bonds. The number of hydrogen-bond acceptors (Lipinski definition) is 5. The van der Waals surface area contributed by atoms with E-state index in [4.69, 9.17) is 14.3 Å². The van der Waals surface area contributed by atoms with Crippen LogP contribution in [0.25, 0.3) is 0 Å². The van der Waals surface area contributed by atoms with Crippen molar-refractivity contribution in [3.8, 4) is 11.5 Å². The van der Waals surface area contributed by atoms with E-state index in [9.17, 15) is 0 Å². The van der Waals surface area contributed by atoms with E-state index in [0.29, 0.717) is 19.3 Å². The number of nitrogens with one attached hydrogen (secondary N) is 1. The lowest BCUT2D eigenvalue weighted by Gasteiger charge is -2.20. The van der Waals surface area contributed by atoms with Gasteiger partial charge in [0.15, 0.2) is 11.5 Å². The van der Waals surface area contributed by atoms with Gasteiger partial charge in [-0.15, -0.1) is 0 Å². The van der Waals surface area contributed by atoms with Gasteiger partial charge in [-0.2, -0.15) is 0 Å². The summed E-state index contributed by atoms with van der Waals surface area (Å²) in [5.41, 5.74) is 0.950. The van der Waals surface area contributed by atoms with Crippen molar-refractivity contribution in [1.82, 2.24) is 5.32 Å². The maximum absolute atomic E-state index is 5.35. The molecule has 1 aromatic rings. The van der Waals surface area contributed by atoms with Gasteiger partial charge in [0.1, 0.15) is 6.61 Å². The minimum absolute atomic E-state index is 0.293. The number of oxime groups is 1. The summed E-state index contributed by atoms with van der Waals surface area (Å²) in [6, 6.07) is 5.72. The summed E-state index contributed by atoms with van der Waals surface area (Å²) in [5.74, 6) is 2.12. The molecule has 102 valence electrons. The summed E-state index contributed by atoms with van der Waals surface area (Å²) in [7, 11) is 0. The molecule has 1 atom stereocenters. The van der Waals surface area contributed by atoms with Crippen molar-refractivity contribution in [3.05, 3.63) is 23.8 Å². The van der Waals surface area contributed by atoms with Crippen LogP contribution in [0.5, 0.6) is 11.5 Å². The van der Waals surface area contributed by atoms with Crippen LogP contribution >= 0.6 is 0 Å². The second kappa shape index (κ2) is 5.93. The van der Waals surface area contributed by atoms with Gasteiger partial charge < -0.3 is 19.6 Å². The number of rotatable bonds is 4. The highest BCUT2D eigenvalue weighted by atomic mass is 16.7. The lowest BCUT2D eigenvalue weighted by Crippen LogP contribution is -2.31. The second-order valence-electron chi connectivity index (χ2n) is 4.86. The van der Waals surface area contributed by atoms with E-state index in [1.807, 2.05) is 18.2 Å². The van der Waals surface area contributed by atoms with Gasteiger partial charge in [0, 0.05) is 18.0 Å². The smallest absolute Gasteiger partial charge is 0.231 e. The first-order valence-electron chi connectivity index (χ1n) is 6.67. The van der Waals surface area contributed by atoms with Gasteiger partial charge in [0.25, 0.3) is 0 Å². The molecule has 1 aromatic carbocycles. The lowest BCUT2D eigenvalue weighted by atomic mass is 10.0. The first-order chi connectivity index (χ1) is 9.42. The minimum atomic E-state index is 0.293. The van der Waals surface area contributed by atoms with E-state index in [1.165, 1.54) is 12.8 Å². The Kier molecular flexibility index (Phi) is 3.83. The van der Waals surface area contributed by atoms with Crippen LogP contribution in [0.15, 0.2) is 23.4 Å².